The molecule has 0 saturated carbocycles. The van der Waals surface area contributed by atoms with Crippen molar-refractivity contribution in [3.8, 4) is 0 Å². The van der Waals surface area contributed by atoms with E-state index in [2.05, 4.69) is 15.0 Å². The largest absolute Gasteiger partial charge is 0.500 e. The van der Waals surface area contributed by atoms with Crippen LogP contribution in [0, 0.1) is 4.77 Å². The molecule has 23 heavy (non-hydrogen) atoms. The molecule has 0 saturated heterocycles. The van der Waals surface area contributed by atoms with Crippen LogP contribution in [0.3, 0.4) is 0 Å². The Morgan fingerprint density at radius 3 is 2.17 bits per heavy atom. The van der Waals surface area contributed by atoms with Crippen molar-refractivity contribution in [3.05, 3.63) is 4.77 Å². The van der Waals surface area contributed by atoms with Crippen LogP contribution in [0.5, 0.6) is 0 Å². The summed E-state index contributed by atoms with van der Waals surface area (Å²) in [5.41, 5.74) is 5.61. The van der Waals surface area contributed by atoms with Crippen LogP contribution in [-0.4, -0.2) is 78.9 Å². The first-order chi connectivity index (χ1) is 10.5. The SMILES string of the molecule is CCO[Si](CCCSc1nc(N)[nH]c(=S)n1)(OCC)OCC.[Na]. The standard InChI is InChI=1S/C12H24N4O3S2Si.Na/c1-4-17-22(18-5-2,19-6-3)9-7-8-21-12-15-10(13)14-11(20)16-12;/h4-9H2,1-3H3,(H3,13,14,15,16,20);. The van der Waals surface area contributed by atoms with Crippen molar-refractivity contribution in [1.82, 2.24) is 15.0 Å². The van der Waals surface area contributed by atoms with Gasteiger partial charge < -0.3 is 24.0 Å². The summed E-state index contributed by atoms with van der Waals surface area (Å²) >= 11 is 6.49. The van der Waals surface area contributed by atoms with E-state index in [0.717, 1.165) is 18.2 Å². The molecule has 0 aliphatic carbocycles. The summed E-state index contributed by atoms with van der Waals surface area (Å²) in [5.74, 6) is 1.10. The molecule has 0 bridgehead atoms. The summed E-state index contributed by atoms with van der Waals surface area (Å²) in [6, 6.07) is 0.769. The molecule has 0 fully saturated rings. The van der Waals surface area contributed by atoms with Crippen LogP contribution in [0.4, 0.5) is 5.95 Å². The average molecular weight is 388 g/mol. The van der Waals surface area contributed by atoms with Crippen molar-refractivity contribution in [3.63, 3.8) is 0 Å². The molecule has 0 aliphatic rings. The number of nitrogens with zero attached hydrogens (tertiary/aromatic N) is 2. The summed E-state index contributed by atoms with van der Waals surface area (Å²) in [4.78, 5) is 10.9. The van der Waals surface area contributed by atoms with E-state index < -0.39 is 8.80 Å². The van der Waals surface area contributed by atoms with Crippen molar-refractivity contribution < 1.29 is 13.3 Å². The minimum Gasteiger partial charge on any atom is -0.374 e. The summed E-state index contributed by atoms with van der Waals surface area (Å²) in [6.45, 7) is 7.64. The molecule has 7 nitrogen and oxygen atoms in total. The summed E-state index contributed by atoms with van der Waals surface area (Å²) in [7, 11) is -2.56. The molecule has 1 aromatic heterocycles. The molecular formula is C12H24N4NaO3S2Si. The number of H-pyrrole nitrogens is 1. The predicted molar refractivity (Wildman–Crippen MR) is 98.2 cm³/mol. The third-order valence-electron chi connectivity index (χ3n) is 2.60. The van der Waals surface area contributed by atoms with Gasteiger partial charge in [-0.15, -0.1) is 0 Å². The van der Waals surface area contributed by atoms with Gasteiger partial charge in [0.05, 0.1) is 0 Å². The van der Waals surface area contributed by atoms with Crippen molar-refractivity contribution >= 4 is 68.3 Å². The van der Waals surface area contributed by atoms with Gasteiger partial charge in [0.1, 0.15) is 0 Å². The van der Waals surface area contributed by atoms with E-state index in [9.17, 15) is 0 Å². The Kier molecular flexibility index (Phi) is 13.0. The smallest absolute Gasteiger partial charge is 0.374 e. The molecule has 0 spiro atoms. The number of hydrogen-bond donors (Lipinski definition) is 2. The molecule has 1 radical (unpaired) electrons. The van der Waals surface area contributed by atoms with E-state index in [-0.39, 0.29) is 35.5 Å². The Bertz CT molecular complexity index is 492. The van der Waals surface area contributed by atoms with Crippen LogP contribution in [0.25, 0.3) is 0 Å². The molecule has 0 amide bonds. The van der Waals surface area contributed by atoms with Gasteiger partial charge in [-0.2, -0.15) is 9.97 Å². The Labute approximate surface area is 170 Å². The van der Waals surface area contributed by atoms with Gasteiger partial charge >= 0.3 is 8.80 Å². The normalized spacial score (nSPS) is 11.3. The summed E-state index contributed by atoms with van der Waals surface area (Å²) in [5, 5.41) is 0.581. The van der Waals surface area contributed by atoms with Crippen molar-refractivity contribution in [1.29, 1.82) is 0 Å². The fourth-order valence-corrected chi connectivity index (χ4v) is 5.81. The van der Waals surface area contributed by atoms with E-state index in [1.807, 2.05) is 20.8 Å². The Balaban J connectivity index is 0.00000484. The number of aromatic amines is 1. The van der Waals surface area contributed by atoms with Gasteiger partial charge in [0, 0.05) is 61.2 Å². The molecule has 1 aromatic rings. The number of nitrogens with one attached hydrogen (secondary N) is 1. The van der Waals surface area contributed by atoms with Crippen LogP contribution in [0.2, 0.25) is 6.04 Å². The second-order valence-corrected chi connectivity index (χ2v) is 8.44. The number of rotatable bonds is 11. The number of anilines is 1. The zero-order valence-electron chi connectivity index (χ0n) is 14.3. The zero-order valence-corrected chi connectivity index (χ0v) is 18.9. The van der Waals surface area contributed by atoms with Gasteiger partial charge in [0.2, 0.25) is 10.7 Å². The fraction of sp³-hybridized carbons (Fsp3) is 0.750. The number of nitrogens with two attached hydrogens (primary N) is 1. The van der Waals surface area contributed by atoms with Gasteiger partial charge in [0.25, 0.3) is 0 Å². The Morgan fingerprint density at radius 2 is 1.70 bits per heavy atom. The molecule has 0 unspecified atom stereocenters. The first-order valence-electron chi connectivity index (χ1n) is 7.33. The van der Waals surface area contributed by atoms with Crippen molar-refractivity contribution in [2.45, 2.75) is 38.4 Å². The van der Waals surface area contributed by atoms with Gasteiger partial charge in [-0.1, -0.05) is 11.8 Å². The monoisotopic (exact) mass is 387 g/mol. The third kappa shape index (κ3) is 8.94. The minimum atomic E-state index is -2.56. The van der Waals surface area contributed by atoms with Crippen molar-refractivity contribution in [2.75, 3.05) is 31.3 Å². The number of aromatic nitrogens is 3. The Hall–Kier alpha value is 0.477. The van der Waals surface area contributed by atoms with E-state index in [1.54, 1.807) is 0 Å². The zero-order chi connectivity index (χ0) is 16.4. The average Bonchev–Trinajstić information content (AvgIpc) is 2.43. The van der Waals surface area contributed by atoms with E-state index in [0.29, 0.717) is 29.7 Å². The molecule has 1 heterocycles. The molecule has 3 N–H and O–H groups in total. The van der Waals surface area contributed by atoms with Crippen LogP contribution in [0.1, 0.15) is 27.2 Å². The molecule has 11 heteroatoms. The maximum atomic E-state index is 5.81. The van der Waals surface area contributed by atoms with E-state index in [1.165, 1.54) is 11.8 Å². The third-order valence-corrected chi connectivity index (χ3v) is 6.88. The molecule has 0 aliphatic heterocycles. The van der Waals surface area contributed by atoms with E-state index >= 15 is 0 Å². The maximum absolute atomic E-state index is 5.81. The minimum absolute atomic E-state index is 0. The van der Waals surface area contributed by atoms with Crippen LogP contribution in [-0.2, 0) is 13.3 Å². The molecule has 1 rings (SSSR count). The number of hydrogen-bond acceptors (Lipinski definition) is 8. The topological polar surface area (TPSA) is 95.3 Å². The van der Waals surface area contributed by atoms with E-state index in [4.69, 9.17) is 31.2 Å². The van der Waals surface area contributed by atoms with Gasteiger partial charge in [0.15, 0.2) is 5.16 Å². The molecular weight excluding hydrogens is 363 g/mol. The molecule has 0 atom stereocenters. The second kappa shape index (κ2) is 12.8. The van der Waals surface area contributed by atoms with Crippen LogP contribution < -0.4 is 5.73 Å². The molecule has 0 aromatic carbocycles. The maximum Gasteiger partial charge on any atom is 0.500 e. The van der Waals surface area contributed by atoms with Crippen molar-refractivity contribution in [2.24, 2.45) is 0 Å². The number of nitrogen functional groups attached to an aromatic ring is 1. The fourth-order valence-electron chi connectivity index (χ4n) is 1.90. The van der Waals surface area contributed by atoms with Crippen LogP contribution in [0.15, 0.2) is 5.16 Å². The summed E-state index contributed by atoms with van der Waals surface area (Å²) < 4.78 is 17.8. The van der Waals surface area contributed by atoms with Gasteiger partial charge in [-0.05, 0) is 39.4 Å². The predicted octanol–water partition coefficient (Wildman–Crippen LogP) is 2.27. The number of thioether (sulfide) groups is 1. The van der Waals surface area contributed by atoms with Gasteiger partial charge in [-0.25, -0.2) is 0 Å². The summed E-state index contributed by atoms with van der Waals surface area (Å²) in [6.07, 6.45) is 0.880. The second-order valence-electron chi connectivity index (χ2n) is 4.26. The first kappa shape index (κ1) is 23.5. The van der Waals surface area contributed by atoms with Crippen LogP contribution >= 0.6 is 24.0 Å². The van der Waals surface area contributed by atoms with Gasteiger partial charge in [-0.3, -0.25) is 0 Å². The quantitative estimate of drug-likeness (QED) is 0.258. The molecule has 127 valence electrons. The Morgan fingerprint density at radius 1 is 1.13 bits per heavy atom. The first-order valence-corrected chi connectivity index (χ1v) is 10.7.